The molecule has 0 spiro atoms. The normalized spacial score (nSPS) is 11.8. The monoisotopic (exact) mass is 447 g/mol. The van der Waals surface area contributed by atoms with Gasteiger partial charge in [-0.15, -0.1) is 0 Å². The molecule has 0 saturated heterocycles. The van der Waals surface area contributed by atoms with Gasteiger partial charge >= 0.3 is 0 Å². The van der Waals surface area contributed by atoms with Gasteiger partial charge in [0.15, 0.2) is 11.9 Å². The maximum absolute atomic E-state index is 7.85. The Bertz CT molecular complexity index is 1560. The van der Waals surface area contributed by atoms with Crippen LogP contribution in [-0.4, -0.2) is 8.07 Å². The summed E-state index contributed by atoms with van der Waals surface area (Å²) >= 11 is 0. The van der Waals surface area contributed by atoms with Crippen LogP contribution in [0.2, 0.25) is 19.6 Å². The predicted molar refractivity (Wildman–Crippen MR) is 140 cm³/mol. The Hall–Kier alpha value is -3.68. The number of aryl methyl sites for hydroxylation is 2. The zero-order valence-electron chi connectivity index (χ0n) is 19.7. The first-order valence-electron chi connectivity index (χ1n) is 11.2. The Morgan fingerprint density at radius 2 is 1.64 bits per heavy atom. The molecule has 0 amide bonds. The summed E-state index contributed by atoms with van der Waals surface area (Å²) in [5.41, 5.74) is 7.70. The number of furan rings is 1. The topological polar surface area (TPSA) is 21.4 Å². The maximum atomic E-state index is 7.85. The van der Waals surface area contributed by atoms with Gasteiger partial charge in [-0.1, -0.05) is 67.3 Å². The Morgan fingerprint density at radius 1 is 0.879 bits per heavy atom. The van der Waals surface area contributed by atoms with Gasteiger partial charge in [-0.05, 0) is 35.7 Å². The molecule has 33 heavy (non-hydrogen) atoms. The number of nitrogens with zero attached hydrogens (tertiary/aromatic N) is 2. The van der Waals surface area contributed by atoms with E-state index in [1.54, 1.807) is 0 Å². The molecule has 4 heteroatoms. The minimum Gasteiger partial charge on any atom is -0.455 e. The Balaban J connectivity index is 1.85. The second kappa shape index (κ2) is 7.72. The molecule has 0 N–H and O–H groups in total. The summed E-state index contributed by atoms with van der Waals surface area (Å²) < 4.78 is 8.62. The summed E-state index contributed by atoms with van der Waals surface area (Å²) in [7, 11) is 0.653. The molecule has 2 aromatic heterocycles. The lowest BCUT2D eigenvalue weighted by Crippen LogP contribution is -2.37. The van der Waals surface area contributed by atoms with Crippen molar-refractivity contribution in [1.82, 2.24) is 0 Å². The molecule has 0 aliphatic heterocycles. The van der Waals surface area contributed by atoms with Crippen LogP contribution in [0.4, 0.5) is 5.69 Å². The third-order valence-electron chi connectivity index (χ3n) is 6.46. The number of aromatic nitrogens is 1. The zero-order chi connectivity index (χ0) is 23.3. The fourth-order valence-corrected chi connectivity index (χ4v) is 5.81. The fraction of sp³-hybridized carbons (Fsp3) is 0.172. The highest BCUT2D eigenvalue weighted by atomic mass is 28.3. The van der Waals surface area contributed by atoms with Crippen LogP contribution in [0, 0.1) is 13.5 Å². The van der Waals surface area contributed by atoms with E-state index in [2.05, 4.69) is 97.8 Å². The molecule has 3 nitrogen and oxygen atoms in total. The molecule has 3 aromatic carbocycles. The SMILES string of the molecule is [C-]#[N+]c1ccc2oc3c(-c4cccc[n+]4C)c(C)ccc3c2c1-c1ccc([Si](C)(C)C)cc1. The highest BCUT2D eigenvalue weighted by molar-refractivity contribution is 6.88. The van der Waals surface area contributed by atoms with Crippen molar-refractivity contribution < 1.29 is 8.98 Å². The van der Waals surface area contributed by atoms with Crippen LogP contribution in [0.15, 0.2) is 77.3 Å². The Kier molecular flexibility index (Phi) is 4.95. The number of hydrogen-bond acceptors (Lipinski definition) is 1. The van der Waals surface area contributed by atoms with E-state index in [0.717, 1.165) is 49.9 Å². The van der Waals surface area contributed by atoms with E-state index >= 15 is 0 Å². The van der Waals surface area contributed by atoms with Gasteiger partial charge in [0.2, 0.25) is 5.69 Å². The minimum absolute atomic E-state index is 0.651. The fourth-order valence-electron chi connectivity index (χ4n) is 4.64. The van der Waals surface area contributed by atoms with Crippen molar-refractivity contribution in [2.24, 2.45) is 7.05 Å². The highest BCUT2D eigenvalue weighted by Gasteiger charge is 2.23. The molecule has 0 aliphatic carbocycles. The van der Waals surface area contributed by atoms with Gasteiger partial charge in [0.25, 0.3) is 0 Å². The molecule has 5 aromatic rings. The molecule has 5 rings (SSSR count). The highest BCUT2D eigenvalue weighted by Crippen LogP contribution is 2.44. The first kappa shape index (κ1) is 21.2. The van der Waals surface area contributed by atoms with Gasteiger partial charge in [0.05, 0.1) is 20.2 Å². The maximum Gasteiger partial charge on any atom is 0.216 e. The van der Waals surface area contributed by atoms with Crippen LogP contribution < -0.4 is 9.75 Å². The lowest BCUT2D eigenvalue weighted by atomic mass is 9.95. The zero-order valence-corrected chi connectivity index (χ0v) is 20.7. The Labute approximate surface area is 195 Å². The average molecular weight is 448 g/mol. The van der Waals surface area contributed by atoms with Crippen LogP contribution >= 0.6 is 0 Å². The van der Waals surface area contributed by atoms with Crippen molar-refractivity contribution in [1.29, 1.82) is 0 Å². The summed E-state index contributed by atoms with van der Waals surface area (Å²) in [6, 6.07) is 23.1. The number of fused-ring (bicyclic) bond motifs is 3. The van der Waals surface area contributed by atoms with Gasteiger partial charge in [-0.25, -0.2) is 9.41 Å². The molecule has 0 unspecified atom stereocenters. The third-order valence-corrected chi connectivity index (χ3v) is 8.53. The van der Waals surface area contributed by atoms with E-state index < -0.39 is 8.07 Å². The molecule has 162 valence electrons. The van der Waals surface area contributed by atoms with Crippen LogP contribution in [0.3, 0.4) is 0 Å². The van der Waals surface area contributed by atoms with Gasteiger partial charge in [0, 0.05) is 22.9 Å². The summed E-state index contributed by atoms with van der Waals surface area (Å²) in [6.45, 7) is 17.0. The van der Waals surface area contributed by atoms with E-state index in [-0.39, 0.29) is 0 Å². The van der Waals surface area contributed by atoms with E-state index in [4.69, 9.17) is 11.0 Å². The van der Waals surface area contributed by atoms with Crippen LogP contribution in [-0.2, 0) is 7.05 Å². The number of rotatable bonds is 3. The molecular formula is C29H27N2OSi+. The van der Waals surface area contributed by atoms with Crippen molar-refractivity contribution >= 4 is 40.9 Å². The average Bonchev–Trinajstić information content (AvgIpc) is 3.17. The molecule has 0 atom stereocenters. The summed E-state index contributed by atoms with van der Waals surface area (Å²) in [5, 5.41) is 3.47. The first-order valence-corrected chi connectivity index (χ1v) is 14.7. The van der Waals surface area contributed by atoms with Crippen LogP contribution in [0.1, 0.15) is 5.56 Å². The molecule has 0 radical (unpaired) electrons. The van der Waals surface area contributed by atoms with E-state index in [9.17, 15) is 0 Å². The summed E-state index contributed by atoms with van der Waals surface area (Å²) in [6.07, 6.45) is 2.05. The Morgan fingerprint density at radius 3 is 2.30 bits per heavy atom. The van der Waals surface area contributed by atoms with E-state index in [0.29, 0.717) is 5.69 Å². The van der Waals surface area contributed by atoms with E-state index in [1.165, 1.54) is 5.19 Å². The van der Waals surface area contributed by atoms with Crippen LogP contribution in [0.5, 0.6) is 0 Å². The molecule has 0 aliphatic rings. The summed E-state index contributed by atoms with van der Waals surface area (Å²) in [5.74, 6) is 0. The second-order valence-corrected chi connectivity index (χ2v) is 14.8. The quantitative estimate of drug-likeness (QED) is 0.163. The molecule has 2 heterocycles. The van der Waals surface area contributed by atoms with Crippen molar-refractivity contribution in [3.05, 3.63) is 89.9 Å². The predicted octanol–water partition coefficient (Wildman–Crippen LogP) is 7.15. The third kappa shape index (κ3) is 3.46. The van der Waals surface area contributed by atoms with Crippen molar-refractivity contribution in [2.45, 2.75) is 26.6 Å². The van der Waals surface area contributed by atoms with Gasteiger partial charge in [-0.3, -0.25) is 0 Å². The lowest BCUT2D eigenvalue weighted by Gasteiger charge is -2.17. The second-order valence-electron chi connectivity index (χ2n) is 9.70. The van der Waals surface area contributed by atoms with Gasteiger partial charge in [-0.2, -0.15) is 0 Å². The minimum atomic E-state index is -1.40. The summed E-state index contributed by atoms with van der Waals surface area (Å²) in [4.78, 5) is 3.88. The van der Waals surface area contributed by atoms with Crippen molar-refractivity contribution in [3.63, 3.8) is 0 Å². The van der Waals surface area contributed by atoms with Gasteiger partial charge < -0.3 is 4.42 Å². The van der Waals surface area contributed by atoms with Crippen molar-refractivity contribution in [3.8, 4) is 22.4 Å². The lowest BCUT2D eigenvalue weighted by molar-refractivity contribution is -0.660. The van der Waals surface area contributed by atoms with E-state index in [1.807, 2.05) is 18.2 Å². The standard InChI is InChI=1S/C29H27N2OSi/c1-19-10-15-22-28-25(32-29(22)26(19)24-9-7-8-18-31(24)3)17-16-23(30-2)27(28)20-11-13-21(14-12-20)33(4,5)6/h7-18H,1,3-6H3/q+1. The largest absolute Gasteiger partial charge is 0.455 e. The number of hydrogen-bond donors (Lipinski definition) is 0. The van der Waals surface area contributed by atoms with Crippen LogP contribution in [0.25, 0.3) is 49.2 Å². The van der Waals surface area contributed by atoms with Gasteiger partial charge in [0.1, 0.15) is 18.2 Å². The number of pyridine rings is 1. The molecule has 0 bridgehead atoms. The molecule has 0 saturated carbocycles. The first-order chi connectivity index (χ1) is 15.8. The van der Waals surface area contributed by atoms with Crippen molar-refractivity contribution in [2.75, 3.05) is 0 Å². The number of benzene rings is 3. The molecule has 0 fully saturated rings. The molecular weight excluding hydrogens is 420 g/mol. The smallest absolute Gasteiger partial charge is 0.216 e.